The van der Waals surface area contributed by atoms with Crippen LogP contribution < -0.4 is 5.32 Å². The Kier molecular flexibility index (Phi) is 6.32. The summed E-state index contributed by atoms with van der Waals surface area (Å²) in [5.74, 6) is 0.0349. The van der Waals surface area contributed by atoms with Gasteiger partial charge in [-0.05, 0) is 6.92 Å². The van der Waals surface area contributed by atoms with Gasteiger partial charge in [-0.1, -0.05) is 0 Å². The van der Waals surface area contributed by atoms with Gasteiger partial charge in [-0.15, -0.1) is 11.6 Å². The van der Waals surface area contributed by atoms with E-state index >= 15 is 0 Å². The lowest BCUT2D eigenvalue weighted by atomic mass is 10.4. The maximum atomic E-state index is 11.1. The van der Waals surface area contributed by atoms with Gasteiger partial charge in [0.25, 0.3) is 0 Å². The number of likely N-dealkylation sites (N-methyl/N-ethyl adjacent to an activating group) is 2. The van der Waals surface area contributed by atoms with E-state index in [9.17, 15) is 9.59 Å². The molecule has 0 rings (SSSR count). The number of carbonyl (C=O) groups is 2. The zero-order chi connectivity index (χ0) is 10.3. The highest BCUT2D eigenvalue weighted by atomic mass is 35.5. The summed E-state index contributed by atoms with van der Waals surface area (Å²) in [6, 6.07) is 0. The third-order valence-corrected chi connectivity index (χ3v) is 1.68. The minimum Gasteiger partial charge on any atom is -0.355 e. The van der Waals surface area contributed by atoms with Crippen molar-refractivity contribution in [3.8, 4) is 0 Å². The summed E-state index contributed by atoms with van der Waals surface area (Å²) < 4.78 is 0. The predicted octanol–water partition coefficient (Wildman–Crippen LogP) is 0.210. The van der Waals surface area contributed by atoms with Crippen LogP contribution in [0, 0.1) is 0 Å². The monoisotopic (exact) mass is 206 g/mol. The molecule has 2 amide bonds. The Morgan fingerprint density at radius 2 is 2.08 bits per heavy atom. The molecule has 0 fully saturated rings. The summed E-state index contributed by atoms with van der Waals surface area (Å²) in [7, 11) is 1.59. The van der Waals surface area contributed by atoms with Crippen LogP contribution in [0.2, 0.25) is 0 Å². The molecule has 0 saturated carbocycles. The van der Waals surface area contributed by atoms with Crippen LogP contribution in [0.5, 0.6) is 0 Å². The number of carbonyl (C=O) groups excluding carboxylic acids is 2. The first-order chi connectivity index (χ1) is 6.11. The molecule has 0 spiro atoms. The van der Waals surface area contributed by atoms with Crippen molar-refractivity contribution in [2.75, 3.05) is 26.0 Å². The minimum absolute atomic E-state index is 0.101. The van der Waals surface area contributed by atoms with Crippen LogP contribution in [-0.2, 0) is 9.59 Å². The Morgan fingerprint density at radius 3 is 2.54 bits per heavy atom. The minimum atomic E-state index is -0.145. The normalized spacial score (nSPS) is 9.46. The van der Waals surface area contributed by atoms with Crippen LogP contribution in [0.15, 0.2) is 0 Å². The smallest absolute Gasteiger partial charge is 0.239 e. The summed E-state index contributed by atoms with van der Waals surface area (Å²) in [5.41, 5.74) is 0. The number of halogens is 1. The fourth-order valence-electron chi connectivity index (χ4n) is 0.828. The lowest BCUT2D eigenvalue weighted by molar-refractivity contribution is -0.134. The van der Waals surface area contributed by atoms with Crippen molar-refractivity contribution in [2.45, 2.75) is 13.3 Å². The van der Waals surface area contributed by atoms with E-state index in [0.29, 0.717) is 12.4 Å². The van der Waals surface area contributed by atoms with E-state index in [1.165, 1.54) is 4.90 Å². The molecule has 0 aliphatic carbocycles. The second kappa shape index (κ2) is 6.71. The van der Waals surface area contributed by atoms with E-state index in [2.05, 4.69) is 5.32 Å². The zero-order valence-corrected chi connectivity index (χ0v) is 8.73. The molecule has 0 aromatic carbocycles. The third kappa shape index (κ3) is 5.47. The van der Waals surface area contributed by atoms with Crippen molar-refractivity contribution in [2.24, 2.45) is 0 Å². The van der Waals surface area contributed by atoms with Gasteiger partial charge in [-0.2, -0.15) is 0 Å². The molecule has 0 saturated heterocycles. The quantitative estimate of drug-likeness (QED) is 0.654. The van der Waals surface area contributed by atoms with Crippen molar-refractivity contribution < 1.29 is 9.59 Å². The van der Waals surface area contributed by atoms with Crippen LogP contribution in [0.4, 0.5) is 0 Å². The van der Waals surface area contributed by atoms with E-state index in [1.807, 2.05) is 6.92 Å². The Labute approximate surface area is 83.2 Å². The number of nitrogens with one attached hydrogen (secondary N) is 1. The SMILES string of the molecule is CCNC(=O)CN(C)C(=O)CCCl. The number of nitrogens with zero attached hydrogens (tertiary/aromatic N) is 1. The molecule has 0 atom stereocenters. The van der Waals surface area contributed by atoms with Crippen molar-refractivity contribution >= 4 is 23.4 Å². The summed E-state index contributed by atoms with van der Waals surface area (Å²) in [6.07, 6.45) is 0.275. The Balaban J connectivity index is 3.78. The Hall–Kier alpha value is -0.770. The van der Waals surface area contributed by atoms with Gasteiger partial charge in [0.15, 0.2) is 0 Å². The van der Waals surface area contributed by atoms with Gasteiger partial charge in [-0.3, -0.25) is 9.59 Å². The van der Waals surface area contributed by atoms with Crippen LogP contribution in [0.1, 0.15) is 13.3 Å². The molecule has 0 aliphatic rings. The van der Waals surface area contributed by atoms with Crippen LogP contribution in [0.25, 0.3) is 0 Å². The van der Waals surface area contributed by atoms with Gasteiger partial charge in [0, 0.05) is 25.9 Å². The fourth-order valence-corrected chi connectivity index (χ4v) is 0.990. The lowest BCUT2D eigenvalue weighted by Gasteiger charge is -2.15. The largest absolute Gasteiger partial charge is 0.355 e. The van der Waals surface area contributed by atoms with E-state index in [0.717, 1.165) is 0 Å². The van der Waals surface area contributed by atoms with Gasteiger partial charge >= 0.3 is 0 Å². The van der Waals surface area contributed by atoms with E-state index in [1.54, 1.807) is 7.05 Å². The summed E-state index contributed by atoms with van der Waals surface area (Å²) in [4.78, 5) is 23.5. The second-order valence-corrected chi connectivity index (χ2v) is 3.02. The Bertz CT molecular complexity index is 185. The molecule has 4 nitrogen and oxygen atoms in total. The molecular formula is C8H15ClN2O2. The standard InChI is InChI=1S/C8H15ClN2O2/c1-3-10-7(12)6-11(2)8(13)4-5-9/h3-6H2,1-2H3,(H,10,12). The summed E-state index contributed by atoms with van der Waals surface area (Å²) >= 11 is 5.39. The maximum absolute atomic E-state index is 11.1. The van der Waals surface area contributed by atoms with E-state index < -0.39 is 0 Å². The van der Waals surface area contributed by atoms with Gasteiger partial charge < -0.3 is 10.2 Å². The van der Waals surface area contributed by atoms with Gasteiger partial charge in [0.05, 0.1) is 6.54 Å². The number of amides is 2. The van der Waals surface area contributed by atoms with E-state index in [-0.39, 0.29) is 24.8 Å². The van der Waals surface area contributed by atoms with Gasteiger partial charge in [0.1, 0.15) is 0 Å². The molecule has 1 N–H and O–H groups in total. The molecule has 0 aromatic heterocycles. The maximum Gasteiger partial charge on any atom is 0.239 e. The van der Waals surface area contributed by atoms with Gasteiger partial charge in [0.2, 0.25) is 11.8 Å². The van der Waals surface area contributed by atoms with Crippen molar-refractivity contribution in [1.29, 1.82) is 0 Å². The number of rotatable bonds is 5. The highest BCUT2D eigenvalue weighted by Gasteiger charge is 2.10. The highest BCUT2D eigenvalue weighted by Crippen LogP contribution is 1.92. The fraction of sp³-hybridized carbons (Fsp3) is 0.750. The molecule has 0 aromatic rings. The first kappa shape index (κ1) is 12.2. The molecule has 0 aliphatic heterocycles. The van der Waals surface area contributed by atoms with Gasteiger partial charge in [-0.25, -0.2) is 0 Å². The molecule has 13 heavy (non-hydrogen) atoms. The predicted molar refractivity (Wildman–Crippen MR) is 51.7 cm³/mol. The molecule has 5 heteroatoms. The topological polar surface area (TPSA) is 49.4 Å². The molecule has 0 unspecified atom stereocenters. The highest BCUT2D eigenvalue weighted by molar-refractivity contribution is 6.18. The first-order valence-electron chi connectivity index (χ1n) is 4.18. The van der Waals surface area contributed by atoms with Crippen LogP contribution in [-0.4, -0.2) is 42.7 Å². The zero-order valence-electron chi connectivity index (χ0n) is 7.97. The second-order valence-electron chi connectivity index (χ2n) is 2.64. The summed E-state index contributed by atoms with van der Waals surface area (Å²) in [6.45, 7) is 2.51. The first-order valence-corrected chi connectivity index (χ1v) is 4.71. The van der Waals surface area contributed by atoms with E-state index in [4.69, 9.17) is 11.6 Å². The van der Waals surface area contributed by atoms with Crippen molar-refractivity contribution in [3.05, 3.63) is 0 Å². The molecular weight excluding hydrogens is 192 g/mol. The third-order valence-electron chi connectivity index (χ3n) is 1.49. The van der Waals surface area contributed by atoms with Crippen molar-refractivity contribution in [3.63, 3.8) is 0 Å². The molecule has 0 radical (unpaired) electrons. The number of hydrogen-bond acceptors (Lipinski definition) is 2. The lowest BCUT2D eigenvalue weighted by Crippen LogP contribution is -2.38. The Morgan fingerprint density at radius 1 is 1.46 bits per heavy atom. The number of hydrogen-bond donors (Lipinski definition) is 1. The average Bonchev–Trinajstić information content (AvgIpc) is 2.05. The molecule has 0 heterocycles. The average molecular weight is 207 g/mol. The molecule has 0 bridgehead atoms. The van der Waals surface area contributed by atoms with Crippen molar-refractivity contribution in [1.82, 2.24) is 10.2 Å². The molecule has 76 valence electrons. The van der Waals surface area contributed by atoms with Crippen LogP contribution in [0.3, 0.4) is 0 Å². The summed E-state index contributed by atoms with van der Waals surface area (Å²) in [5, 5.41) is 2.61. The van der Waals surface area contributed by atoms with Crippen LogP contribution >= 0.6 is 11.6 Å². The number of alkyl halides is 1.